The number of guanidine groups is 1. The van der Waals surface area contributed by atoms with Gasteiger partial charge in [-0.2, -0.15) is 13.2 Å². The molecule has 10 heteroatoms. The average Bonchev–Trinajstić information content (AvgIpc) is 2.74. The first-order valence-corrected chi connectivity index (χ1v) is 9.89. The third-order valence-electron chi connectivity index (χ3n) is 5.11. The molecule has 0 aliphatic carbocycles. The predicted molar refractivity (Wildman–Crippen MR) is 110 cm³/mol. The Balaban J connectivity index is 2.01. The number of methoxy groups -OCH3 is 2. The minimum atomic E-state index is -4.21. The van der Waals surface area contributed by atoms with Gasteiger partial charge in [0.05, 0.1) is 20.8 Å². The quantitative estimate of drug-likeness (QED) is 0.528. The van der Waals surface area contributed by atoms with Gasteiger partial charge in [-0.05, 0) is 31.5 Å². The molecule has 1 unspecified atom stereocenters. The van der Waals surface area contributed by atoms with E-state index in [1.165, 1.54) is 11.8 Å². The highest BCUT2D eigenvalue weighted by atomic mass is 19.4. The summed E-state index contributed by atoms with van der Waals surface area (Å²) in [7, 11) is 4.79. The largest absolute Gasteiger partial charge is 0.493 e. The molecular formula is C20H31F3N4O3. The van der Waals surface area contributed by atoms with Crippen LogP contribution < -0.4 is 19.5 Å². The Morgan fingerprint density at radius 3 is 2.13 bits per heavy atom. The van der Waals surface area contributed by atoms with Gasteiger partial charge in [-0.25, -0.2) is 0 Å². The number of nitrogens with zero attached hydrogens (tertiary/aromatic N) is 3. The van der Waals surface area contributed by atoms with E-state index in [1.807, 2.05) is 24.0 Å². The van der Waals surface area contributed by atoms with Crippen molar-refractivity contribution in [3.05, 3.63) is 17.7 Å². The monoisotopic (exact) mass is 432 g/mol. The molecule has 0 bridgehead atoms. The molecular weight excluding hydrogens is 401 g/mol. The fraction of sp³-hybridized carbons (Fsp3) is 0.650. The van der Waals surface area contributed by atoms with E-state index in [0.717, 1.165) is 5.56 Å². The van der Waals surface area contributed by atoms with Crippen molar-refractivity contribution >= 4 is 5.96 Å². The van der Waals surface area contributed by atoms with E-state index in [9.17, 15) is 13.2 Å². The van der Waals surface area contributed by atoms with Crippen LogP contribution in [0.3, 0.4) is 0 Å². The van der Waals surface area contributed by atoms with Crippen molar-refractivity contribution in [3.63, 3.8) is 0 Å². The molecule has 0 spiro atoms. The van der Waals surface area contributed by atoms with Gasteiger partial charge in [-0.3, -0.25) is 9.89 Å². The van der Waals surface area contributed by atoms with Gasteiger partial charge < -0.3 is 24.4 Å². The van der Waals surface area contributed by atoms with Crippen LogP contribution in [0.5, 0.6) is 17.2 Å². The van der Waals surface area contributed by atoms with Crippen molar-refractivity contribution in [3.8, 4) is 17.2 Å². The molecule has 1 aliphatic rings. The number of nitrogens with one attached hydrogen (secondary N) is 1. The van der Waals surface area contributed by atoms with Crippen LogP contribution in [0.25, 0.3) is 0 Å². The summed E-state index contributed by atoms with van der Waals surface area (Å²) in [6.07, 6.45) is -4.21. The van der Waals surface area contributed by atoms with Crippen LogP contribution in [-0.2, 0) is 6.54 Å². The van der Waals surface area contributed by atoms with E-state index in [0.29, 0.717) is 62.5 Å². The summed E-state index contributed by atoms with van der Waals surface area (Å²) in [4.78, 5) is 7.69. The Morgan fingerprint density at radius 1 is 1.13 bits per heavy atom. The van der Waals surface area contributed by atoms with E-state index in [4.69, 9.17) is 14.2 Å². The predicted octanol–water partition coefficient (Wildman–Crippen LogP) is 2.75. The molecule has 0 amide bonds. The van der Waals surface area contributed by atoms with Gasteiger partial charge in [0.1, 0.15) is 6.04 Å². The Hall–Kier alpha value is -2.36. The van der Waals surface area contributed by atoms with Crippen LogP contribution in [0.4, 0.5) is 13.2 Å². The third-order valence-corrected chi connectivity index (χ3v) is 5.11. The molecule has 0 aromatic heterocycles. The van der Waals surface area contributed by atoms with Crippen molar-refractivity contribution in [2.75, 3.05) is 54.1 Å². The zero-order valence-corrected chi connectivity index (χ0v) is 18.2. The molecule has 1 saturated heterocycles. The number of alkyl halides is 3. The summed E-state index contributed by atoms with van der Waals surface area (Å²) in [6.45, 7) is 5.61. The molecule has 0 saturated carbocycles. The minimum absolute atomic E-state index is 0.325. The molecule has 1 heterocycles. The summed E-state index contributed by atoms with van der Waals surface area (Å²) in [6, 6.07) is 2.27. The zero-order chi connectivity index (χ0) is 22.3. The molecule has 7 nitrogen and oxygen atoms in total. The Kier molecular flexibility index (Phi) is 8.45. The van der Waals surface area contributed by atoms with E-state index in [1.54, 1.807) is 21.3 Å². The van der Waals surface area contributed by atoms with Crippen molar-refractivity contribution in [2.45, 2.75) is 32.6 Å². The summed E-state index contributed by atoms with van der Waals surface area (Å²) in [5.41, 5.74) is 0.901. The van der Waals surface area contributed by atoms with Crippen LogP contribution in [0.2, 0.25) is 0 Å². The number of rotatable bonds is 7. The summed E-state index contributed by atoms with van der Waals surface area (Å²) >= 11 is 0. The van der Waals surface area contributed by atoms with Crippen LogP contribution in [0.1, 0.15) is 19.4 Å². The highest BCUT2D eigenvalue weighted by Gasteiger charge is 2.41. The van der Waals surface area contributed by atoms with Gasteiger partial charge in [-0.15, -0.1) is 0 Å². The van der Waals surface area contributed by atoms with E-state index < -0.39 is 12.2 Å². The van der Waals surface area contributed by atoms with Crippen LogP contribution >= 0.6 is 0 Å². The maximum absolute atomic E-state index is 12.9. The number of ether oxygens (including phenoxy) is 3. The van der Waals surface area contributed by atoms with E-state index in [-0.39, 0.29) is 0 Å². The lowest BCUT2D eigenvalue weighted by Crippen LogP contribution is -2.56. The molecule has 1 atom stereocenters. The highest BCUT2D eigenvalue weighted by molar-refractivity contribution is 5.80. The summed E-state index contributed by atoms with van der Waals surface area (Å²) < 4.78 is 55.3. The second-order valence-corrected chi connectivity index (χ2v) is 6.90. The fourth-order valence-corrected chi connectivity index (χ4v) is 3.36. The molecule has 170 valence electrons. The van der Waals surface area contributed by atoms with Crippen molar-refractivity contribution < 1.29 is 27.4 Å². The van der Waals surface area contributed by atoms with Crippen LogP contribution in [0.15, 0.2) is 17.1 Å². The molecule has 30 heavy (non-hydrogen) atoms. The van der Waals surface area contributed by atoms with Gasteiger partial charge >= 0.3 is 6.18 Å². The first kappa shape index (κ1) is 23.9. The van der Waals surface area contributed by atoms with E-state index in [2.05, 4.69) is 10.3 Å². The maximum atomic E-state index is 12.9. The number of halogens is 3. The summed E-state index contributed by atoms with van der Waals surface area (Å²) in [5.74, 6) is 2.32. The topological polar surface area (TPSA) is 58.6 Å². The Labute approximate surface area is 175 Å². The second-order valence-electron chi connectivity index (χ2n) is 6.90. The normalized spacial score (nSPS) is 16.9. The van der Waals surface area contributed by atoms with Crippen molar-refractivity contribution in [2.24, 2.45) is 4.99 Å². The standard InChI is InChI=1S/C20H31F3N4O3/c1-6-30-18-16(28-4)11-15(12-17(18)29-5)13-25-19(24-3)27-9-7-26(8-10-27)14(2)20(21,22)23/h11-12,14H,6-10,13H2,1-5H3,(H,24,25). The van der Waals surface area contributed by atoms with Crippen LogP contribution in [-0.4, -0.2) is 82.0 Å². The average molecular weight is 432 g/mol. The fourth-order valence-electron chi connectivity index (χ4n) is 3.36. The second kappa shape index (κ2) is 10.6. The maximum Gasteiger partial charge on any atom is 0.403 e. The molecule has 1 aromatic rings. The Bertz CT molecular complexity index is 695. The first-order valence-electron chi connectivity index (χ1n) is 9.89. The lowest BCUT2D eigenvalue weighted by atomic mass is 10.1. The van der Waals surface area contributed by atoms with Gasteiger partial charge in [0.15, 0.2) is 17.5 Å². The van der Waals surface area contributed by atoms with Crippen LogP contribution in [0, 0.1) is 0 Å². The molecule has 2 rings (SSSR count). The number of hydrogen-bond donors (Lipinski definition) is 1. The number of hydrogen-bond acceptors (Lipinski definition) is 5. The Morgan fingerprint density at radius 2 is 1.70 bits per heavy atom. The summed E-state index contributed by atoms with van der Waals surface area (Å²) in [5, 5.41) is 3.27. The molecule has 1 aliphatic heterocycles. The van der Waals surface area contributed by atoms with Gasteiger partial charge in [0.25, 0.3) is 0 Å². The lowest BCUT2D eigenvalue weighted by molar-refractivity contribution is -0.181. The van der Waals surface area contributed by atoms with Gasteiger partial charge in [-0.1, -0.05) is 0 Å². The molecule has 1 N–H and O–H groups in total. The van der Waals surface area contributed by atoms with Crippen molar-refractivity contribution in [1.82, 2.24) is 15.1 Å². The van der Waals surface area contributed by atoms with Crippen molar-refractivity contribution in [1.29, 1.82) is 0 Å². The number of aliphatic imine (C=N–C) groups is 1. The number of benzene rings is 1. The lowest BCUT2D eigenvalue weighted by Gasteiger charge is -2.39. The first-order chi connectivity index (χ1) is 14.2. The van der Waals surface area contributed by atoms with Gasteiger partial charge in [0, 0.05) is 39.8 Å². The van der Waals surface area contributed by atoms with E-state index >= 15 is 0 Å². The zero-order valence-electron chi connectivity index (χ0n) is 18.2. The number of piperazine rings is 1. The minimum Gasteiger partial charge on any atom is -0.493 e. The SMILES string of the molecule is CCOc1c(OC)cc(CNC(=NC)N2CCN(C(C)C(F)(F)F)CC2)cc1OC. The van der Waals surface area contributed by atoms with Gasteiger partial charge in [0.2, 0.25) is 5.75 Å². The molecule has 1 aromatic carbocycles. The third kappa shape index (κ3) is 5.84. The molecule has 1 fully saturated rings. The highest BCUT2D eigenvalue weighted by Crippen LogP contribution is 2.38. The smallest absolute Gasteiger partial charge is 0.403 e. The molecule has 0 radical (unpaired) electrons.